The predicted octanol–water partition coefficient (Wildman–Crippen LogP) is 3.54. The normalized spacial score (nSPS) is 14.9. The van der Waals surface area contributed by atoms with Crippen LogP contribution in [0.25, 0.3) is 10.9 Å². The van der Waals surface area contributed by atoms with E-state index in [1.165, 1.54) is 6.07 Å². The number of nitrogens with zero attached hydrogens (tertiary/aromatic N) is 1. The van der Waals surface area contributed by atoms with Gasteiger partial charge in [-0.15, -0.1) is 0 Å². The van der Waals surface area contributed by atoms with Crippen molar-refractivity contribution in [2.24, 2.45) is 5.92 Å². The van der Waals surface area contributed by atoms with Crippen LogP contribution in [0.5, 0.6) is 0 Å². The van der Waals surface area contributed by atoms with Crippen molar-refractivity contribution in [3.05, 3.63) is 81.6 Å². The third-order valence-electron chi connectivity index (χ3n) is 5.33. The zero-order valence-corrected chi connectivity index (χ0v) is 15.5. The quantitative estimate of drug-likeness (QED) is 0.689. The van der Waals surface area contributed by atoms with Gasteiger partial charge in [0.15, 0.2) is 5.78 Å². The van der Waals surface area contributed by atoms with Crippen molar-refractivity contribution < 1.29 is 18.4 Å². The molecule has 0 spiro atoms. The molecule has 1 N–H and O–H groups in total. The summed E-state index contributed by atoms with van der Waals surface area (Å²) < 4.78 is 27.3. The highest BCUT2D eigenvalue weighted by Gasteiger charge is 2.30. The fourth-order valence-corrected chi connectivity index (χ4v) is 3.80. The fourth-order valence-electron chi connectivity index (χ4n) is 3.80. The summed E-state index contributed by atoms with van der Waals surface area (Å²) in [5.74, 6) is -2.62. The largest absolute Gasteiger partial charge is 0.339 e. The maximum Gasteiger partial charge on any atom is 0.254 e. The Labute approximate surface area is 165 Å². The molecular weight excluding hydrogens is 378 g/mol. The minimum atomic E-state index is -0.745. The van der Waals surface area contributed by atoms with Crippen LogP contribution in [0.15, 0.2) is 53.3 Å². The number of ketones is 1. The van der Waals surface area contributed by atoms with Crippen LogP contribution in [0, 0.1) is 17.6 Å². The molecule has 4 rings (SSSR count). The van der Waals surface area contributed by atoms with Crippen LogP contribution in [0.1, 0.15) is 33.6 Å². The third-order valence-corrected chi connectivity index (χ3v) is 5.33. The van der Waals surface area contributed by atoms with Gasteiger partial charge in [0.2, 0.25) is 5.56 Å². The number of rotatable bonds is 3. The Morgan fingerprint density at radius 3 is 2.45 bits per heavy atom. The van der Waals surface area contributed by atoms with Crippen LogP contribution in [-0.4, -0.2) is 34.7 Å². The summed E-state index contributed by atoms with van der Waals surface area (Å²) in [6, 6.07) is 11.2. The van der Waals surface area contributed by atoms with Crippen LogP contribution in [0.2, 0.25) is 0 Å². The Hall–Kier alpha value is -3.35. The number of likely N-dealkylation sites (tertiary alicyclic amines) is 1. The Morgan fingerprint density at radius 2 is 1.69 bits per heavy atom. The van der Waals surface area contributed by atoms with E-state index in [4.69, 9.17) is 0 Å². The van der Waals surface area contributed by atoms with Gasteiger partial charge in [-0.3, -0.25) is 14.4 Å². The molecule has 1 aliphatic rings. The summed E-state index contributed by atoms with van der Waals surface area (Å²) in [6.45, 7) is 0.598. The zero-order valence-electron chi connectivity index (χ0n) is 15.5. The van der Waals surface area contributed by atoms with Crippen LogP contribution in [0.3, 0.4) is 0 Å². The Balaban J connectivity index is 1.52. The van der Waals surface area contributed by atoms with Crippen molar-refractivity contribution in [2.45, 2.75) is 12.8 Å². The first-order valence-corrected chi connectivity index (χ1v) is 9.34. The van der Waals surface area contributed by atoms with E-state index in [9.17, 15) is 23.2 Å². The molecule has 2 heterocycles. The molecule has 0 saturated carbocycles. The number of aromatic nitrogens is 1. The number of amides is 1. The highest BCUT2D eigenvalue weighted by molar-refractivity contribution is 6.06. The van der Waals surface area contributed by atoms with Crippen LogP contribution < -0.4 is 5.56 Å². The van der Waals surface area contributed by atoms with Gasteiger partial charge in [0.05, 0.1) is 11.1 Å². The molecule has 0 bridgehead atoms. The molecule has 148 valence electrons. The van der Waals surface area contributed by atoms with Gasteiger partial charge >= 0.3 is 0 Å². The first-order valence-electron chi connectivity index (χ1n) is 9.34. The summed E-state index contributed by atoms with van der Waals surface area (Å²) in [7, 11) is 0. The van der Waals surface area contributed by atoms with Gasteiger partial charge in [0.25, 0.3) is 5.91 Å². The summed E-state index contributed by atoms with van der Waals surface area (Å²) in [4.78, 5) is 41.8. The molecule has 5 nitrogen and oxygen atoms in total. The molecule has 3 aromatic rings. The topological polar surface area (TPSA) is 70.2 Å². The summed E-state index contributed by atoms with van der Waals surface area (Å²) >= 11 is 0. The second-order valence-electron chi connectivity index (χ2n) is 7.15. The highest BCUT2D eigenvalue weighted by Crippen LogP contribution is 2.25. The Morgan fingerprint density at radius 1 is 0.966 bits per heavy atom. The number of hydrogen-bond donors (Lipinski definition) is 1. The molecule has 1 amide bonds. The molecule has 1 aliphatic heterocycles. The second kappa shape index (κ2) is 7.58. The van der Waals surface area contributed by atoms with Gasteiger partial charge in [-0.1, -0.05) is 18.2 Å². The third kappa shape index (κ3) is 3.68. The first-order chi connectivity index (χ1) is 13.9. The molecule has 0 atom stereocenters. The number of para-hydroxylation sites is 1. The number of halogens is 2. The minimum absolute atomic E-state index is 0.254. The van der Waals surface area contributed by atoms with Gasteiger partial charge in [0.1, 0.15) is 11.6 Å². The minimum Gasteiger partial charge on any atom is -0.339 e. The van der Waals surface area contributed by atoms with E-state index >= 15 is 0 Å². The van der Waals surface area contributed by atoms with Gasteiger partial charge in [-0.25, -0.2) is 8.78 Å². The number of carbonyl (C=O) groups is 2. The Bertz CT molecular complexity index is 1160. The number of piperidine rings is 1. The summed E-state index contributed by atoms with van der Waals surface area (Å²) in [5, 5.41) is 0.650. The number of Topliss-reactive ketones (excluding diaryl/α,β-unsaturated/α-hetero) is 1. The molecule has 0 aliphatic carbocycles. The van der Waals surface area contributed by atoms with Crippen LogP contribution >= 0.6 is 0 Å². The lowest BCUT2D eigenvalue weighted by Crippen LogP contribution is -2.40. The highest BCUT2D eigenvalue weighted by atomic mass is 19.1. The average molecular weight is 396 g/mol. The van der Waals surface area contributed by atoms with Gasteiger partial charge in [-0.2, -0.15) is 0 Å². The second-order valence-corrected chi connectivity index (χ2v) is 7.15. The summed E-state index contributed by atoms with van der Waals surface area (Å²) in [5.41, 5.74) is 0.273. The molecule has 0 radical (unpaired) electrons. The molecule has 1 fully saturated rings. The van der Waals surface area contributed by atoms with Gasteiger partial charge in [-0.05, 0) is 37.1 Å². The monoisotopic (exact) mass is 396 g/mol. The number of fused-ring (bicyclic) bond motifs is 1. The van der Waals surface area contributed by atoms with Crippen LogP contribution in [0.4, 0.5) is 8.78 Å². The lowest BCUT2D eigenvalue weighted by Gasteiger charge is -2.31. The zero-order chi connectivity index (χ0) is 20.5. The number of benzene rings is 2. The molecule has 29 heavy (non-hydrogen) atoms. The number of aromatic amines is 1. The van der Waals surface area contributed by atoms with E-state index in [2.05, 4.69) is 4.98 Å². The van der Waals surface area contributed by atoms with E-state index in [0.717, 1.165) is 18.2 Å². The number of nitrogens with one attached hydrogen (secondary N) is 1. The molecule has 1 saturated heterocycles. The van der Waals surface area contributed by atoms with Crippen molar-refractivity contribution in [1.29, 1.82) is 0 Å². The lowest BCUT2D eigenvalue weighted by molar-refractivity contribution is 0.0650. The first kappa shape index (κ1) is 19.0. The predicted molar refractivity (Wildman–Crippen MR) is 104 cm³/mol. The number of hydrogen-bond acceptors (Lipinski definition) is 3. The van der Waals surface area contributed by atoms with Crippen molar-refractivity contribution >= 4 is 22.6 Å². The average Bonchev–Trinajstić information content (AvgIpc) is 2.74. The maximum atomic E-state index is 13.9. The fraction of sp³-hybridized carbons (Fsp3) is 0.227. The number of carbonyl (C=O) groups excluding carboxylic acids is 2. The molecule has 2 aromatic carbocycles. The van der Waals surface area contributed by atoms with Gasteiger partial charge < -0.3 is 9.88 Å². The van der Waals surface area contributed by atoms with Crippen LogP contribution in [-0.2, 0) is 0 Å². The van der Waals surface area contributed by atoms with E-state index in [1.807, 2.05) is 0 Å². The van der Waals surface area contributed by atoms with Crippen molar-refractivity contribution in [3.63, 3.8) is 0 Å². The van der Waals surface area contributed by atoms with Crippen molar-refractivity contribution in [3.8, 4) is 0 Å². The smallest absolute Gasteiger partial charge is 0.254 e. The number of H-pyrrole nitrogens is 1. The standard InChI is InChI=1S/C22H18F2N2O3/c23-14-5-6-18(24)17(11-14)21(28)13-7-9-26(10-8-13)22(29)16-12-20(27)25-19-4-2-1-3-15(16)19/h1-6,11-13H,7-10H2,(H,25,27). The van der Waals surface area contributed by atoms with Crippen molar-refractivity contribution in [1.82, 2.24) is 9.88 Å². The Kier molecular flexibility index (Phi) is 4.96. The molecule has 1 aromatic heterocycles. The molecule has 7 heteroatoms. The summed E-state index contributed by atoms with van der Waals surface area (Å²) in [6.07, 6.45) is 0.698. The van der Waals surface area contributed by atoms with E-state index in [1.54, 1.807) is 29.2 Å². The molecular formula is C22H18F2N2O3. The SMILES string of the molecule is O=C(c1cc(F)ccc1F)C1CCN(C(=O)c2cc(=O)[nH]c3ccccc23)CC1. The van der Waals surface area contributed by atoms with Gasteiger partial charge in [0, 0.05) is 36.0 Å². The molecule has 0 unspecified atom stereocenters. The maximum absolute atomic E-state index is 13.9. The van der Waals surface area contributed by atoms with E-state index < -0.39 is 23.3 Å². The number of pyridine rings is 1. The lowest BCUT2D eigenvalue weighted by atomic mass is 9.88. The van der Waals surface area contributed by atoms with Crippen molar-refractivity contribution in [2.75, 3.05) is 13.1 Å². The van der Waals surface area contributed by atoms with E-state index in [-0.39, 0.29) is 17.0 Å². The van der Waals surface area contributed by atoms with E-state index in [0.29, 0.717) is 42.4 Å².